The molecule has 0 aliphatic rings. The molecule has 112 valence electrons. The Balaban J connectivity index is 3.55. The predicted molar refractivity (Wildman–Crippen MR) is 74.7 cm³/mol. The molecule has 0 fully saturated rings. The Morgan fingerprint density at radius 1 is 0.947 bits per heavy atom. The van der Waals surface area contributed by atoms with Gasteiger partial charge in [0, 0.05) is 12.8 Å². The van der Waals surface area contributed by atoms with Crippen molar-refractivity contribution in [3.63, 3.8) is 0 Å². The highest BCUT2D eigenvalue weighted by atomic mass is 16.5. The summed E-state index contributed by atoms with van der Waals surface area (Å²) in [4.78, 5) is 22.7. The molecule has 0 rings (SSSR count). The predicted octanol–water partition coefficient (Wildman–Crippen LogP) is 3.34. The van der Waals surface area contributed by atoms with Crippen LogP contribution in [0, 0.1) is 11.8 Å². The van der Waals surface area contributed by atoms with E-state index in [1.54, 1.807) is 0 Å². The van der Waals surface area contributed by atoms with Gasteiger partial charge in [-0.25, -0.2) is 0 Å². The second kappa shape index (κ2) is 10.8. The Kier molecular flexibility index (Phi) is 10.2. The highest BCUT2D eigenvalue weighted by Gasteiger charge is 2.09. The summed E-state index contributed by atoms with van der Waals surface area (Å²) in [5, 5.41) is 0. The summed E-state index contributed by atoms with van der Waals surface area (Å²) >= 11 is 0. The average Bonchev–Trinajstić information content (AvgIpc) is 2.34. The third kappa shape index (κ3) is 11.7. The van der Waals surface area contributed by atoms with E-state index in [1.165, 1.54) is 0 Å². The lowest BCUT2D eigenvalue weighted by atomic mass is 10.1. The van der Waals surface area contributed by atoms with E-state index in [0.717, 1.165) is 12.8 Å². The first kappa shape index (κ1) is 17.9. The quantitative estimate of drug-likeness (QED) is 0.572. The van der Waals surface area contributed by atoms with Crippen LogP contribution in [0.3, 0.4) is 0 Å². The molecule has 0 saturated carbocycles. The van der Waals surface area contributed by atoms with Gasteiger partial charge < -0.3 is 9.47 Å². The molecule has 1 atom stereocenters. The van der Waals surface area contributed by atoms with Crippen molar-refractivity contribution >= 4 is 11.9 Å². The minimum atomic E-state index is -0.235. The lowest BCUT2D eigenvalue weighted by Gasteiger charge is -2.10. The molecule has 0 N–H and O–H groups in total. The fraction of sp³-hybridized carbons (Fsp3) is 0.867. The third-order valence-electron chi connectivity index (χ3n) is 2.65. The van der Waals surface area contributed by atoms with E-state index >= 15 is 0 Å². The molecule has 0 bridgehead atoms. The molecule has 19 heavy (non-hydrogen) atoms. The van der Waals surface area contributed by atoms with Gasteiger partial charge in [0.25, 0.3) is 0 Å². The number of hydrogen-bond donors (Lipinski definition) is 0. The number of hydrogen-bond acceptors (Lipinski definition) is 4. The maximum atomic E-state index is 11.4. The van der Waals surface area contributed by atoms with E-state index in [2.05, 4.69) is 13.8 Å². The van der Waals surface area contributed by atoms with Crippen LogP contribution < -0.4 is 0 Å². The van der Waals surface area contributed by atoms with Gasteiger partial charge in [-0.15, -0.1) is 0 Å². The Morgan fingerprint density at radius 2 is 1.47 bits per heavy atom. The SMILES string of the molecule is CCCC(C)COC(=O)CCCC(=O)OCC(C)C. The monoisotopic (exact) mass is 272 g/mol. The third-order valence-corrected chi connectivity index (χ3v) is 2.65. The molecule has 1 unspecified atom stereocenters. The maximum absolute atomic E-state index is 11.4. The lowest BCUT2D eigenvalue weighted by Crippen LogP contribution is -2.13. The number of carbonyl (C=O) groups excluding carboxylic acids is 2. The molecule has 0 aromatic rings. The highest BCUT2D eigenvalue weighted by Crippen LogP contribution is 2.07. The van der Waals surface area contributed by atoms with E-state index < -0.39 is 0 Å². The molecule has 0 aliphatic carbocycles. The van der Waals surface area contributed by atoms with Crippen molar-refractivity contribution < 1.29 is 19.1 Å². The molecule has 4 nitrogen and oxygen atoms in total. The van der Waals surface area contributed by atoms with Crippen molar-refractivity contribution in [1.82, 2.24) is 0 Å². The first-order valence-electron chi connectivity index (χ1n) is 7.26. The van der Waals surface area contributed by atoms with Crippen LogP contribution in [0.4, 0.5) is 0 Å². The molecule has 0 heterocycles. The van der Waals surface area contributed by atoms with Gasteiger partial charge >= 0.3 is 11.9 Å². The topological polar surface area (TPSA) is 52.6 Å². The summed E-state index contributed by atoms with van der Waals surface area (Å²) in [7, 11) is 0. The largest absolute Gasteiger partial charge is 0.465 e. The van der Waals surface area contributed by atoms with Crippen molar-refractivity contribution in [3.8, 4) is 0 Å². The number of carbonyl (C=O) groups is 2. The zero-order valence-electron chi connectivity index (χ0n) is 12.7. The zero-order chi connectivity index (χ0) is 14.7. The van der Waals surface area contributed by atoms with Gasteiger partial charge in [0.15, 0.2) is 0 Å². The fourth-order valence-corrected chi connectivity index (χ4v) is 1.59. The Hall–Kier alpha value is -1.06. The van der Waals surface area contributed by atoms with E-state index in [4.69, 9.17) is 9.47 Å². The molecule has 0 radical (unpaired) electrons. The van der Waals surface area contributed by atoms with Crippen molar-refractivity contribution in [2.24, 2.45) is 11.8 Å². The smallest absolute Gasteiger partial charge is 0.305 e. The normalized spacial score (nSPS) is 12.3. The van der Waals surface area contributed by atoms with Gasteiger partial charge in [-0.05, 0) is 24.7 Å². The van der Waals surface area contributed by atoms with Crippen molar-refractivity contribution in [3.05, 3.63) is 0 Å². The van der Waals surface area contributed by atoms with Crippen LogP contribution in [-0.4, -0.2) is 25.2 Å². The van der Waals surface area contributed by atoms with E-state index in [-0.39, 0.29) is 24.8 Å². The Morgan fingerprint density at radius 3 is 1.95 bits per heavy atom. The molecule has 0 saturated heterocycles. The van der Waals surface area contributed by atoms with Crippen molar-refractivity contribution in [1.29, 1.82) is 0 Å². The summed E-state index contributed by atoms with van der Waals surface area (Å²) in [5.41, 5.74) is 0. The summed E-state index contributed by atoms with van der Waals surface area (Å²) in [6.45, 7) is 9.08. The van der Waals surface area contributed by atoms with Crippen LogP contribution in [0.2, 0.25) is 0 Å². The standard InChI is InChI=1S/C15H28O4/c1-5-7-13(4)11-19-15(17)9-6-8-14(16)18-10-12(2)3/h12-13H,5-11H2,1-4H3. The molecule has 0 aromatic carbocycles. The number of ether oxygens (including phenoxy) is 2. The van der Waals surface area contributed by atoms with E-state index in [0.29, 0.717) is 31.5 Å². The Bertz CT molecular complexity index is 261. The lowest BCUT2D eigenvalue weighted by molar-refractivity contribution is -0.146. The van der Waals surface area contributed by atoms with Crippen LogP contribution in [0.1, 0.15) is 59.8 Å². The van der Waals surface area contributed by atoms with Crippen LogP contribution in [-0.2, 0) is 19.1 Å². The zero-order valence-corrected chi connectivity index (χ0v) is 12.7. The van der Waals surface area contributed by atoms with Crippen molar-refractivity contribution in [2.45, 2.75) is 59.8 Å². The molecule has 4 heteroatoms. The molecule has 0 spiro atoms. The minimum absolute atomic E-state index is 0.223. The first-order chi connectivity index (χ1) is 8.95. The number of rotatable bonds is 10. The molecule has 0 aromatic heterocycles. The summed E-state index contributed by atoms with van der Waals surface area (Å²) in [6.07, 6.45) is 3.23. The molecule has 0 amide bonds. The first-order valence-corrected chi connectivity index (χ1v) is 7.26. The second-order valence-corrected chi connectivity index (χ2v) is 5.51. The van der Waals surface area contributed by atoms with Crippen LogP contribution in [0.25, 0.3) is 0 Å². The van der Waals surface area contributed by atoms with Crippen molar-refractivity contribution in [2.75, 3.05) is 13.2 Å². The highest BCUT2D eigenvalue weighted by molar-refractivity contribution is 5.72. The van der Waals surface area contributed by atoms with Crippen LogP contribution in [0.15, 0.2) is 0 Å². The maximum Gasteiger partial charge on any atom is 0.305 e. The van der Waals surface area contributed by atoms with Gasteiger partial charge in [0.2, 0.25) is 0 Å². The van der Waals surface area contributed by atoms with E-state index in [9.17, 15) is 9.59 Å². The van der Waals surface area contributed by atoms with Crippen LogP contribution >= 0.6 is 0 Å². The van der Waals surface area contributed by atoms with Gasteiger partial charge in [-0.2, -0.15) is 0 Å². The summed E-state index contributed by atoms with van der Waals surface area (Å²) in [5.74, 6) is 0.291. The van der Waals surface area contributed by atoms with Gasteiger partial charge in [0.1, 0.15) is 0 Å². The second-order valence-electron chi connectivity index (χ2n) is 5.51. The summed E-state index contributed by atoms with van der Waals surface area (Å²) in [6, 6.07) is 0. The molecular weight excluding hydrogens is 244 g/mol. The van der Waals surface area contributed by atoms with Gasteiger partial charge in [-0.1, -0.05) is 34.1 Å². The Labute approximate surface area is 116 Å². The molecule has 0 aliphatic heterocycles. The minimum Gasteiger partial charge on any atom is -0.465 e. The van der Waals surface area contributed by atoms with E-state index in [1.807, 2.05) is 13.8 Å². The van der Waals surface area contributed by atoms with Gasteiger partial charge in [0.05, 0.1) is 13.2 Å². The van der Waals surface area contributed by atoms with Crippen LogP contribution in [0.5, 0.6) is 0 Å². The number of esters is 2. The van der Waals surface area contributed by atoms with Gasteiger partial charge in [-0.3, -0.25) is 9.59 Å². The molecular formula is C15H28O4. The summed E-state index contributed by atoms with van der Waals surface area (Å²) < 4.78 is 10.2. The average molecular weight is 272 g/mol. The fourth-order valence-electron chi connectivity index (χ4n) is 1.59.